The number of hydrogen-bond acceptors (Lipinski definition) is 2. The molecule has 17 heavy (non-hydrogen) atoms. The third-order valence-corrected chi connectivity index (χ3v) is 2.68. The van der Waals surface area contributed by atoms with Gasteiger partial charge in [-0.15, -0.1) is 0 Å². The topological polar surface area (TPSA) is 26.3 Å². The highest BCUT2D eigenvalue weighted by atomic mass is 19.4. The van der Waals surface area contributed by atoms with E-state index < -0.39 is 24.8 Å². The molecule has 1 aliphatic heterocycles. The van der Waals surface area contributed by atoms with Crippen LogP contribution in [0.4, 0.5) is 13.2 Å². The molecular weight excluding hydrogens is 233 g/mol. The third-order valence-electron chi connectivity index (χ3n) is 2.68. The second-order valence-corrected chi connectivity index (χ2v) is 4.01. The Morgan fingerprint density at radius 2 is 1.94 bits per heavy atom. The van der Waals surface area contributed by atoms with E-state index in [0.29, 0.717) is 18.8 Å². The van der Waals surface area contributed by atoms with Crippen molar-refractivity contribution in [3.8, 4) is 0 Å². The Bertz CT molecular complexity index is 438. The van der Waals surface area contributed by atoms with E-state index >= 15 is 0 Å². The fourth-order valence-electron chi connectivity index (χ4n) is 1.75. The first-order chi connectivity index (χ1) is 7.96. The summed E-state index contributed by atoms with van der Waals surface area (Å²) in [5, 5.41) is 0. The van der Waals surface area contributed by atoms with Crippen molar-refractivity contribution in [3.63, 3.8) is 0 Å². The summed E-state index contributed by atoms with van der Waals surface area (Å²) in [5.74, 6) is -0.475. The van der Waals surface area contributed by atoms with Crippen molar-refractivity contribution in [3.05, 3.63) is 34.9 Å². The predicted octanol–water partition coefficient (Wildman–Crippen LogP) is 3.24. The van der Waals surface area contributed by atoms with Crippen molar-refractivity contribution in [2.24, 2.45) is 0 Å². The van der Waals surface area contributed by atoms with Crippen LogP contribution < -0.4 is 0 Å². The largest absolute Gasteiger partial charge is 0.389 e. The summed E-state index contributed by atoms with van der Waals surface area (Å²) in [6.07, 6.45) is -5.85. The van der Waals surface area contributed by atoms with E-state index in [1.54, 1.807) is 18.2 Å². The number of fused-ring (bicyclic) bond motifs is 1. The number of carbonyl (C=O) groups excluding carboxylic acids is 1. The lowest BCUT2D eigenvalue weighted by atomic mass is 10.0. The summed E-state index contributed by atoms with van der Waals surface area (Å²) in [6.45, 7) is 0.933. The zero-order valence-electron chi connectivity index (χ0n) is 9.01. The van der Waals surface area contributed by atoms with Crippen LogP contribution in [0, 0.1) is 0 Å². The first kappa shape index (κ1) is 12.1. The fourth-order valence-corrected chi connectivity index (χ4v) is 1.75. The lowest BCUT2D eigenvalue weighted by molar-refractivity contribution is -0.133. The number of Topliss-reactive ketones (excluding diaryl/α,β-unsaturated/α-hetero) is 1. The number of halogens is 3. The Balaban J connectivity index is 2.05. The molecule has 0 bridgehead atoms. The van der Waals surface area contributed by atoms with Gasteiger partial charge in [0.25, 0.3) is 0 Å². The summed E-state index contributed by atoms with van der Waals surface area (Å²) in [5.41, 5.74) is 2.22. The van der Waals surface area contributed by atoms with Crippen LogP contribution >= 0.6 is 0 Å². The third kappa shape index (κ3) is 3.06. The Morgan fingerprint density at radius 1 is 1.24 bits per heavy atom. The predicted molar refractivity (Wildman–Crippen MR) is 54.6 cm³/mol. The minimum Gasteiger partial charge on any atom is -0.372 e. The molecule has 1 aromatic rings. The molecule has 92 valence electrons. The van der Waals surface area contributed by atoms with Crippen molar-refractivity contribution >= 4 is 5.78 Å². The highest BCUT2D eigenvalue weighted by Crippen LogP contribution is 2.25. The number of ketones is 1. The van der Waals surface area contributed by atoms with E-state index in [1.165, 1.54) is 0 Å². The van der Waals surface area contributed by atoms with Crippen LogP contribution in [0.15, 0.2) is 18.2 Å². The lowest BCUT2D eigenvalue weighted by Crippen LogP contribution is -2.11. The Hall–Kier alpha value is -1.36. The molecule has 5 heteroatoms. The van der Waals surface area contributed by atoms with Gasteiger partial charge in [-0.25, -0.2) is 0 Å². The molecule has 0 N–H and O–H groups in total. The molecule has 0 saturated carbocycles. The van der Waals surface area contributed by atoms with Gasteiger partial charge in [0.1, 0.15) is 0 Å². The number of hydrogen-bond donors (Lipinski definition) is 0. The molecule has 0 saturated heterocycles. The molecule has 0 unspecified atom stereocenters. The van der Waals surface area contributed by atoms with E-state index in [9.17, 15) is 18.0 Å². The second-order valence-electron chi connectivity index (χ2n) is 4.01. The second kappa shape index (κ2) is 4.49. The monoisotopic (exact) mass is 244 g/mol. The van der Waals surface area contributed by atoms with Gasteiger partial charge in [0.2, 0.25) is 0 Å². The zero-order valence-corrected chi connectivity index (χ0v) is 9.01. The minimum absolute atomic E-state index is 0.332. The summed E-state index contributed by atoms with van der Waals surface area (Å²) in [4.78, 5) is 11.6. The maximum Gasteiger partial charge on any atom is 0.389 e. The molecule has 0 spiro atoms. The van der Waals surface area contributed by atoms with Gasteiger partial charge in [-0.1, -0.05) is 12.1 Å². The molecule has 0 aromatic heterocycles. The Morgan fingerprint density at radius 3 is 2.65 bits per heavy atom. The molecule has 0 amide bonds. The van der Waals surface area contributed by atoms with Crippen molar-refractivity contribution < 1.29 is 22.7 Å². The van der Waals surface area contributed by atoms with Gasteiger partial charge in [0.05, 0.1) is 19.6 Å². The van der Waals surface area contributed by atoms with E-state index in [2.05, 4.69) is 0 Å². The van der Waals surface area contributed by atoms with E-state index in [4.69, 9.17) is 4.74 Å². The van der Waals surface area contributed by atoms with E-state index in [1.807, 2.05) is 0 Å². The molecule has 1 aromatic carbocycles. The summed E-state index contributed by atoms with van der Waals surface area (Å²) < 4.78 is 41.1. The molecule has 0 fully saturated rings. The average Bonchev–Trinajstić information content (AvgIpc) is 2.71. The number of rotatable bonds is 3. The van der Waals surface area contributed by atoms with Crippen LogP contribution in [0.2, 0.25) is 0 Å². The van der Waals surface area contributed by atoms with Crippen LogP contribution in [0.1, 0.15) is 34.3 Å². The summed E-state index contributed by atoms with van der Waals surface area (Å²) in [6, 6.07) is 4.93. The number of carbonyl (C=O) groups is 1. The maximum atomic E-state index is 12.0. The highest BCUT2D eigenvalue weighted by molar-refractivity contribution is 5.96. The Labute approximate surface area is 96.4 Å². The van der Waals surface area contributed by atoms with Gasteiger partial charge in [-0.2, -0.15) is 13.2 Å². The quantitative estimate of drug-likeness (QED) is 0.763. The SMILES string of the molecule is O=C(CCC(F)(F)F)c1ccc2c(c1)COC2. The first-order valence-corrected chi connectivity index (χ1v) is 5.25. The lowest BCUT2D eigenvalue weighted by Gasteiger charge is -2.06. The molecule has 1 heterocycles. The number of ether oxygens (including phenoxy) is 1. The normalized spacial score (nSPS) is 14.8. The van der Waals surface area contributed by atoms with Crippen LogP contribution in [0.5, 0.6) is 0 Å². The minimum atomic E-state index is -4.28. The molecular formula is C12H11F3O2. The molecule has 2 rings (SSSR count). The fraction of sp³-hybridized carbons (Fsp3) is 0.417. The van der Waals surface area contributed by atoms with Crippen LogP contribution in [0.3, 0.4) is 0 Å². The molecule has 1 aliphatic rings. The van der Waals surface area contributed by atoms with Crippen molar-refractivity contribution in [1.29, 1.82) is 0 Å². The van der Waals surface area contributed by atoms with Gasteiger partial charge < -0.3 is 4.74 Å². The van der Waals surface area contributed by atoms with E-state index in [-0.39, 0.29) is 0 Å². The number of alkyl halides is 3. The first-order valence-electron chi connectivity index (χ1n) is 5.25. The van der Waals surface area contributed by atoms with Gasteiger partial charge in [0.15, 0.2) is 5.78 Å². The average molecular weight is 244 g/mol. The highest BCUT2D eigenvalue weighted by Gasteiger charge is 2.28. The van der Waals surface area contributed by atoms with Gasteiger partial charge >= 0.3 is 6.18 Å². The zero-order chi connectivity index (χ0) is 12.5. The summed E-state index contributed by atoms with van der Waals surface area (Å²) in [7, 11) is 0. The van der Waals surface area contributed by atoms with Gasteiger partial charge in [0, 0.05) is 12.0 Å². The standard InChI is InChI=1S/C12H11F3O2/c13-12(14,15)4-3-11(16)8-1-2-9-6-17-7-10(9)5-8/h1-2,5H,3-4,6-7H2. The Kier molecular flexibility index (Phi) is 3.19. The van der Waals surface area contributed by atoms with Crippen molar-refractivity contribution in [2.75, 3.05) is 0 Å². The molecule has 0 radical (unpaired) electrons. The van der Waals surface area contributed by atoms with Gasteiger partial charge in [-0.05, 0) is 17.2 Å². The smallest absolute Gasteiger partial charge is 0.372 e. The summed E-state index contributed by atoms with van der Waals surface area (Å²) >= 11 is 0. The maximum absolute atomic E-state index is 12.0. The van der Waals surface area contributed by atoms with Crippen LogP contribution in [0.25, 0.3) is 0 Å². The van der Waals surface area contributed by atoms with Crippen LogP contribution in [-0.2, 0) is 18.0 Å². The molecule has 0 atom stereocenters. The van der Waals surface area contributed by atoms with Crippen molar-refractivity contribution in [2.45, 2.75) is 32.2 Å². The van der Waals surface area contributed by atoms with E-state index in [0.717, 1.165) is 11.1 Å². The molecule has 2 nitrogen and oxygen atoms in total. The molecule has 0 aliphatic carbocycles. The number of benzene rings is 1. The van der Waals surface area contributed by atoms with Crippen LogP contribution in [-0.4, -0.2) is 12.0 Å². The van der Waals surface area contributed by atoms with Gasteiger partial charge in [-0.3, -0.25) is 4.79 Å². The van der Waals surface area contributed by atoms with Crippen molar-refractivity contribution in [1.82, 2.24) is 0 Å².